The lowest BCUT2D eigenvalue weighted by molar-refractivity contribution is -0.139. The van der Waals surface area contributed by atoms with Gasteiger partial charge in [0.15, 0.2) is 0 Å². The summed E-state index contributed by atoms with van der Waals surface area (Å²) in [5.74, 6) is -0.726. The van der Waals surface area contributed by atoms with Crippen molar-refractivity contribution >= 4 is 43.5 Å². The van der Waals surface area contributed by atoms with E-state index in [1.54, 1.807) is 19.1 Å². The van der Waals surface area contributed by atoms with Gasteiger partial charge in [-0.15, -0.1) is 0 Å². The van der Waals surface area contributed by atoms with Crippen molar-refractivity contribution in [2.24, 2.45) is 0 Å². The highest BCUT2D eigenvalue weighted by molar-refractivity contribution is 9.10. The molecule has 1 atom stereocenters. The Hall–Kier alpha value is -2.39. The topological polar surface area (TPSA) is 86.8 Å². The maximum absolute atomic E-state index is 13.5. The molecule has 0 aliphatic heterocycles. The first-order valence-electron chi connectivity index (χ1n) is 11.3. The van der Waals surface area contributed by atoms with Crippen LogP contribution in [0.1, 0.15) is 43.4 Å². The standard InChI is InChI=1S/C25H34BrN3O4S/c1-6-7-13-27-25(31)20(4)28(16-21-9-8-10-22(26)15-21)24(30)17-29(34(5,32)33)23-12-11-18(2)19(3)14-23/h8-12,14-15,20H,6-7,13,16-17H2,1-5H3,(H,27,31)/t20-/m0/s1. The Kier molecular flexibility index (Phi) is 10.1. The van der Waals surface area contributed by atoms with E-state index in [4.69, 9.17) is 0 Å². The number of carbonyl (C=O) groups is 2. The van der Waals surface area contributed by atoms with Gasteiger partial charge >= 0.3 is 0 Å². The van der Waals surface area contributed by atoms with Gasteiger partial charge in [0.05, 0.1) is 11.9 Å². The van der Waals surface area contributed by atoms with Crippen LogP contribution in [0.3, 0.4) is 0 Å². The Labute approximate surface area is 211 Å². The third-order valence-electron chi connectivity index (χ3n) is 5.70. The number of benzene rings is 2. The summed E-state index contributed by atoms with van der Waals surface area (Å²) < 4.78 is 27.2. The molecule has 2 aromatic rings. The third kappa shape index (κ3) is 7.84. The number of aryl methyl sites for hydroxylation is 2. The first kappa shape index (κ1) is 27.9. The molecule has 0 aliphatic rings. The van der Waals surface area contributed by atoms with Gasteiger partial charge in [-0.1, -0.05) is 47.5 Å². The van der Waals surface area contributed by atoms with Crippen molar-refractivity contribution < 1.29 is 18.0 Å². The van der Waals surface area contributed by atoms with Gasteiger partial charge in [0.2, 0.25) is 21.8 Å². The van der Waals surface area contributed by atoms with E-state index in [0.29, 0.717) is 12.2 Å². The second kappa shape index (κ2) is 12.4. The zero-order valence-corrected chi connectivity index (χ0v) is 22.9. The van der Waals surface area contributed by atoms with Crippen LogP contribution in [0.15, 0.2) is 46.9 Å². The van der Waals surface area contributed by atoms with Crippen LogP contribution in [0, 0.1) is 13.8 Å². The molecule has 1 N–H and O–H groups in total. The van der Waals surface area contributed by atoms with Gasteiger partial charge in [0.25, 0.3) is 0 Å². The minimum atomic E-state index is -3.74. The van der Waals surface area contributed by atoms with Crippen LogP contribution in [0.25, 0.3) is 0 Å². The lowest BCUT2D eigenvalue weighted by atomic mass is 10.1. The molecule has 2 rings (SSSR count). The Morgan fingerprint density at radius 3 is 2.38 bits per heavy atom. The molecule has 0 saturated heterocycles. The molecule has 0 aliphatic carbocycles. The SMILES string of the molecule is CCCCNC(=O)[C@H](C)N(Cc1cccc(Br)c1)C(=O)CN(c1ccc(C)c(C)c1)S(C)(=O)=O. The third-order valence-corrected chi connectivity index (χ3v) is 7.33. The molecule has 0 radical (unpaired) electrons. The first-order valence-corrected chi connectivity index (χ1v) is 13.9. The lowest BCUT2D eigenvalue weighted by Gasteiger charge is -2.31. The average Bonchev–Trinajstić information content (AvgIpc) is 2.76. The highest BCUT2D eigenvalue weighted by atomic mass is 79.9. The Bertz CT molecular complexity index is 1120. The number of amides is 2. The van der Waals surface area contributed by atoms with Crippen LogP contribution in [-0.4, -0.2) is 50.5 Å². The molecule has 9 heteroatoms. The summed E-state index contributed by atoms with van der Waals surface area (Å²) in [5, 5.41) is 2.87. The van der Waals surface area contributed by atoms with Gasteiger partial charge < -0.3 is 10.2 Å². The molecule has 0 fully saturated rings. The van der Waals surface area contributed by atoms with Crippen LogP contribution < -0.4 is 9.62 Å². The first-order chi connectivity index (χ1) is 15.9. The molecule has 0 bridgehead atoms. The summed E-state index contributed by atoms with van der Waals surface area (Å²) in [5.41, 5.74) is 3.19. The molecular formula is C25H34BrN3O4S. The van der Waals surface area contributed by atoms with Crippen molar-refractivity contribution in [1.82, 2.24) is 10.2 Å². The van der Waals surface area contributed by atoms with E-state index in [0.717, 1.165) is 44.6 Å². The van der Waals surface area contributed by atoms with Crippen molar-refractivity contribution in [3.63, 3.8) is 0 Å². The molecule has 7 nitrogen and oxygen atoms in total. The molecule has 0 saturated carbocycles. The van der Waals surface area contributed by atoms with Gasteiger partial charge in [-0.05, 0) is 68.1 Å². The second-order valence-corrected chi connectivity index (χ2v) is 11.3. The molecule has 2 amide bonds. The number of hydrogen-bond acceptors (Lipinski definition) is 4. The minimum Gasteiger partial charge on any atom is -0.354 e. The van der Waals surface area contributed by atoms with E-state index in [1.165, 1.54) is 4.90 Å². The van der Waals surface area contributed by atoms with Crippen LogP contribution in [0.2, 0.25) is 0 Å². The zero-order valence-electron chi connectivity index (χ0n) is 20.5. The number of anilines is 1. The van der Waals surface area contributed by atoms with Gasteiger partial charge in [-0.3, -0.25) is 13.9 Å². The number of carbonyl (C=O) groups excluding carboxylic acids is 2. The van der Waals surface area contributed by atoms with Crippen molar-refractivity contribution in [2.45, 2.75) is 53.1 Å². The average molecular weight is 553 g/mol. The highest BCUT2D eigenvalue weighted by Crippen LogP contribution is 2.22. The Morgan fingerprint density at radius 2 is 1.79 bits per heavy atom. The fraction of sp³-hybridized carbons (Fsp3) is 0.440. The summed E-state index contributed by atoms with van der Waals surface area (Å²) in [7, 11) is -3.74. The number of rotatable bonds is 11. The summed E-state index contributed by atoms with van der Waals surface area (Å²) in [6, 6.07) is 12.0. The molecule has 34 heavy (non-hydrogen) atoms. The number of nitrogens with zero attached hydrogens (tertiary/aromatic N) is 2. The fourth-order valence-corrected chi connectivity index (χ4v) is 4.73. The van der Waals surface area contributed by atoms with Gasteiger partial charge in [0, 0.05) is 17.6 Å². The predicted octanol–water partition coefficient (Wildman–Crippen LogP) is 4.17. The summed E-state index contributed by atoms with van der Waals surface area (Å²) in [6.07, 6.45) is 2.86. The number of sulfonamides is 1. The van der Waals surface area contributed by atoms with E-state index < -0.39 is 28.5 Å². The van der Waals surface area contributed by atoms with Crippen molar-refractivity contribution in [2.75, 3.05) is 23.7 Å². The molecule has 0 heterocycles. The maximum Gasteiger partial charge on any atom is 0.244 e. The minimum absolute atomic E-state index is 0.172. The molecule has 0 unspecified atom stereocenters. The predicted molar refractivity (Wildman–Crippen MR) is 140 cm³/mol. The zero-order chi connectivity index (χ0) is 25.5. The molecular weight excluding hydrogens is 518 g/mol. The maximum atomic E-state index is 13.5. The Morgan fingerprint density at radius 1 is 1.09 bits per heavy atom. The molecule has 186 valence electrons. The molecule has 2 aromatic carbocycles. The van der Waals surface area contributed by atoms with Crippen LogP contribution in [-0.2, 0) is 26.2 Å². The largest absolute Gasteiger partial charge is 0.354 e. The number of halogens is 1. The summed E-state index contributed by atoms with van der Waals surface area (Å²) in [4.78, 5) is 27.8. The highest BCUT2D eigenvalue weighted by Gasteiger charge is 2.30. The quantitative estimate of drug-likeness (QED) is 0.424. The van der Waals surface area contributed by atoms with E-state index in [9.17, 15) is 18.0 Å². The Balaban J connectivity index is 2.37. The van der Waals surface area contributed by atoms with Crippen LogP contribution >= 0.6 is 15.9 Å². The smallest absolute Gasteiger partial charge is 0.244 e. The van der Waals surface area contributed by atoms with Gasteiger partial charge in [-0.25, -0.2) is 8.42 Å². The number of hydrogen-bond donors (Lipinski definition) is 1. The van der Waals surface area contributed by atoms with Gasteiger partial charge in [0.1, 0.15) is 12.6 Å². The van der Waals surface area contributed by atoms with E-state index in [2.05, 4.69) is 21.2 Å². The van der Waals surface area contributed by atoms with Crippen LogP contribution in [0.5, 0.6) is 0 Å². The number of nitrogens with one attached hydrogen (secondary N) is 1. The summed E-state index contributed by atoms with van der Waals surface area (Å²) >= 11 is 3.44. The summed E-state index contributed by atoms with van der Waals surface area (Å²) in [6.45, 7) is 7.82. The van der Waals surface area contributed by atoms with Crippen molar-refractivity contribution in [3.05, 3.63) is 63.6 Å². The van der Waals surface area contributed by atoms with E-state index >= 15 is 0 Å². The normalized spacial score (nSPS) is 12.2. The van der Waals surface area contributed by atoms with E-state index in [-0.39, 0.29) is 12.5 Å². The van der Waals surface area contributed by atoms with Crippen molar-refractivity contribution in [3.8, 4) is 0 Å². The molecule has 0 spiro atoms. The van der Waals surface area contributed by atoms with Gasteiger partial charge in [-0.2, -0.15) is 0 Å². The van der Waals surface area contributed by atoms with Crippen molar-refractivity contribution in [1.29, 1.82) is 0 Å². The van der Waals surface area contributed by atoms with Crippen LogP contribution in [0.4, 0.5) is 5.69 Å². The van der Waals surface area contributed by atoms with E-state index in [1.807, 2.05) is 51.1 Å². The second-order valence-electron chi connectivity index (χ2n) is 8.51. The monoisotopic (exact) mass is 551 g/mol. The fourth-order valence-electron chi connectivity index (χ4n) is 3.45. The molecule has 0 aromatic heterocycles. The number of unbranched alkanes of at least 4 members (excludes halogenated alkanes) is 1. The lowest BCUT2D eigenvalue weighted by Crippen LogP contribution is -2.51.